The van der Waals surface area contributed by atoms with Crippen molar-refractivity contribution in [1.29, 1.82) is 0 Å². The molecule has 0 spiro atoms. The highest BCUT2D eigenvalue weighted by atomic mass is 16.5. The molecule has 1 atom stereocenters. The molecule has 1 aromatic carbocycles. The van der Waals surface area contributed by atoms with Gasteiger partial charge < -0.3 is 20.1 Å². The number of nitrogens with one attached hydrogen (secondary N) is 2. The molecule has 0 aromatic heterocycles. The molecule has 24 heavy (non-hydrogen) atoms. The second-order valence-corrected chi connectivity index (χ2v) is 4.87. The van der Waals surface area contributed by atoms with E-state index in [1.807, 2.05) is 0 Å². The largest absolute Gasteiger partial charge is 0.496 e. The zero-order chi connectivity index (χ0) is 17.9. The first kappa shape index (κ1) is 19.2. The Morgan fingerprint density at radius 1 is 1.25 bits per heavy atom. The lowest BCUT2D eigenvalue weighted by Crippen LogP contribution is -2.36. The number of para-hydroxylation sites is 1. The van der Waals surface area contributed by atoms with Gasteiger partial charge in [-0.2, -0.15) is 0 Å². The average molecular weight is 334 g/mol. The fraction of sp³-hybridized carbons (Fsp3) is 0.353. The molecule has 0 saturated heterocycles. The van der Waals surface area contributed by atoms with E-state index in [1.165, 1.54) is 20.1 Å². The quantitative estimate of drug-likeness (QED) is 0.520. The molecule has 0 heterocycles. The van der Waals surface area contributed by atoms with Crippen molar-refractivity contribution in [2.75, 3.05) is 20.2 Å². The number of ether oxygens (including phenoxy) is 2. The Kier molecular flexibility index (Phi) is 8.04. The average Bonchev–Trinajstić information content (AvgIpc) is 2.59. The molecule has 130 valence electrons. The van der Waals surface area contributed by atoms with Gasteiger partial charge in [-0.15, -0.1) is 6.58 Å². The van der Waals surface area contributed by atoms with Crippen molar-refractivity contribution in [3.63, 3.8) is 0 Å². The number of rotatable bonds is 9. The molecule has 0 aliphatic carbocycles. The van der Waals surface area contributed by atoms with Gasteiger partial charge in [0.15, 0.2) is 6.10 Å². The van der Waals surface area contributed by atoms with E-state index in [-0.39, 0.29) is 18.9 Å². The van der Waals surface area contributed by atoms with Crippen molar-refractivity contribution in [2.24, 2.45) is 0 Å². The van der Waals surface area contributed by atoms with Crippen LogP contribution < -0.4 is 15.4 Å². The van der Waals surface area contributed by atoms with Crippen LogP contribution in [0.4, 0.5) is 0 Å². The van der Waals surface area contributed by atoms with Gasteiger partial charge in [0.05, 0.1) is 19.1 Å². The summed E-state index contributed by atoms with van der Waals surface area (Å²) in [6.07, 6.45) is 0.585. The van der Waals surface area contributed by atoms with E-state index in [2.05, 4.69) is 17.2 Å². The molecule has 1 aromatic rings. The molecular formula is C17H22N2O5. The second kappa shape index (κ2) is 10.0. The van der Waals surface area contributed by atoms with Gasteiger partial charge in [0.2, 0.25) is 0 Å². The van der Waals surface area contributed by atoms with Crippen LogP contribution in [0.5, 0.6) is 5.75 Å². The van der Waals surface area contributed by atoms with E-state index in [1.54, 1.807) is 24.3 Å². The molecule has 0 radical (unpaired) electrons. The van der Waals surface area contributed by atoms with Crippen LogP contribution >= 0.6 is 0 Å². The number of hydrogen-bond acceptors (Lipinski definition) is 5. The number of carbonyl (C=O) groups excluding carboxylic acids is 3. The highest BCUT2D eigenvalue weighted by Gasteiger charge is 2.17. The standard InChI is InChI=1S/C17H22N2O5/c1-4-10-18-16(21)12(2)24-15(20)9-11-19-17(22)13-7-5-6-8-14(13)23-3/h4-8,12H,1,9-11H2,2-3H3,(H,18,21)(H,19,22)/t12-/m1/s1. The molecule has 1 rings (SSSR count). The summed E-state index contributed by atoms with van der Waals surface area (Å²) in [4.78, 5) is 35.3. The lowest BCUT2D eigenvalue weighted by atomic mass is 10.2. The van der Waals surface area contributed by atoms with E-state index in [9.17, 15) is 14.4 Å². The van der Waals surface area contributed by atoms with Crippen molar-refractivity contribution >= 4 is 17.8 Å². The SMILES string of the molecule is C=CCNC(=O)[C@@H](C)OC(=O)CCNC(=O)c1ccccc1OC. The van der Waals surface area contributed by atoms with Crippen molar-refractivity contribution in [1.82, 2.24) is 10.6 Å². The summed E-state index contributed by atoms with van der Waals surface area (Å²) >= 11 is 0. The summed E-state index contributed by atoms with van der Waals surface area (Å²) < 4.78 is 10.1. The molecule has 2 amide bonds. The highest BCUT2D eigenvalue weighted by Crippen LogP contribution is 2.16. The maximum absolute atomic E-state index is 12.0. The fourth-order valence-electron chi connectivity index (χ4n) is 1.83. The van der Waals surface area contributed by atoms with E-state index in [0.717, 1.165) is 0 Å². The van der Waals surface area contributed by atoms with Gasteiger partial charge in [-0.05, 0) is 19.1 Å². The Labute approximate surface area is 141 Å². The third-order valence-corrected chi connectivity index (χ3v) is 3.06. The summed E-state index contributed by atoms with van der Waals surface area (Å²) in [5, 5.41) is 5.14. The smallest absolute Gasteiger partial charge is 0.308 e. The monoisotopic (exact) mass is 334 g/mol. The van der Waals surface area contributed by atoms with Gasteiger partial charge >= 0.3 is 5.97 Å². The van der Waals surface area contributed by atoms with E-state index >= 15 is 0 Å². The Balaban J connectivity index is 2.38. The normalized spacial score (nSPS) is 11.1. The minimum atomic E-state index is -0.901. The molecule has 7 nitrogen and oxygen atoms in total. The Morgan fingerprint density at radius 3 is 2.62 bits per heavy atom. The third kappa shape index (κ3) is 6.12. The molecule has 0 aliphatic heterocycles. The molecular weight excluding hydrogens is 312 g/mol. The third-order valence-electron chi connectivity index (χ3n) is 3.06. The molecule has 0 fully saturated rings. The van der Waals surface area contributed by atoms with Gasteiger partial charge in [-0.3, -0.25) is 14.4 Å². The second-order valence-electron chi connectivity index (χ2n) is 4.87. The minimum Gasteiger partial charge on any atom is -0.496 e. The fourth-order valence-corrected chi connectivity index (χ4v) is 1.83. The maximum atomic E-state index is 12.0. The van der Waals surface area contributed by atoms with Crippen LogP contribution in [0.25, 0.3) is 0 Å². The number of hydrogen-bond donors (Lipinski definition) is 2. The van der Waals surface area contributed by atoms with Gasteiger partial charge in [-0.25, -0.2) is 0 Å². The summed E-state index contributed by atoms with van der Waals surface area (Å²) in [5.41, 5.74) is 0.380. The van der Waals surface area contributed by atoms with Crippen molar-refractivity contribution in [2.45, 2.75) is 19.4 Å². The Morgan fingerprint density at radius 2 is 1.96 bits per heavy atom. The van der Waals surface area contributed by atoms with Crippen molar-refractivity contribution in [3.8, 4) is 5.75 Å². The van der Waals surface area contributed by atoms with Crippen molar-refractivity contribution in [3.05, 3.63) is 42.5 Å². The first-order chi connectivity index (χ1) is 11.5. The zero-order valence-electron chi connectivity index (χ0n) is 13.8. The first-order valence-corrected chi connectivity index (χ1v) is 7.49. The molecule has 0 saturated carbocycles. The van der Waals surface area contributed by atoms with Crippen LogP contribution in [0.3, 0.4) is 0 Å². The minimum absolute atomic E-state index is 0.0417. The van der Waals surface area contributed by atoms with Gasteiger partial charge in [0.25, 0.3) is 11.8 Å². The van der Waals surface area contributed by atoms with E-state index < -0.39 is 18.0 Å². The summed E-state index contributed by atoms with van der Waals surface area (Å²) in [7, 11) is 1.47. The van der Waals surface area contributed by atoms with Gasteiger partial charge in [-0.1, -0.05) is 18.2 Å². The van der Waals surface area contributed by atoms with Crippen LogP contribution in [0.2, 0.25) is 0 Å². The van der Waals surface area contributed by atoms with Crippen LogP contribution in [-0.2, 0) is 14.3 Å². The van der Waals surface area contributed by atoms with Gasteiger partial charge in [0, 0.05) is 13.1 Å². The Hall–Kier alpha value is -2.83. The van der Waals surface area contributed by atoms with Crippen molar-refractivity contribution < 1.29 is 23.9 Å². The maximum Gasteiger partial charge on any atom is 0.308 e. The van der Waals surface area contributed by atoms with Crippen LogP contribution in [-0.4, -0.2) is 44.1 Å². The molecule has 0 unspecified atom stereocenters. The molecule has 2 N–H and O–H groups in total. The van der Waals surface area contributed by atoms with Crippen LogP contribution in [0.1, 0.15) is 23.7 Å². The topological polar surface area (TPSA) is 93.7 Å². The predicted molar refractivity (Wildman–Crippen MR) is 88.7 cm³/mol. The number of benzene rings is 1. The lowest BCUT2D eigenvalue weighted by Gasteiger charge is -2.13. The number of amides is 2. The summed E-state index contributed by atoms with van der Waals surface area (Å²) in [6, 6.07) is 6.77. The lowest BCUT2D eigenvalue weighted by molar-refractivity contribution is -0.154. The predicted octanol–water partition coefficient (Wildman–Crippen LogP) is 1.05. The molecule has 0 bridgehead atoms. The van der Waals surface area contributed by atoms with E-state index in [4.69, 9.17) is 9.47 Å². The first-order valence-electron chi connectivity index (χ1n) is 7.49. The summed E-state index contributed by atoms with van der Waals surface area (Å²) in [6.45, 7) is 5.35. The Bertz CT molecular complexity index is 600. The number of esters is 1. The number of methoxy groups -OCH3 is 1. The van der Waals surface area contributed by atoms with E-state index in [0.29, 0.717) is 17.9 Å². The molecule has 0 aliphatic rings. The molecule has 7 heteroatoms. The number of carbonyl (C=O) groups is 3. The zero-order valence-corrected chi connectivity index (χ0v) is 13.8. The van der Waals surface area contributed by atoms with Crippen LogP contribution in [0, 0.1) is 0 Å². The van der Waals surface area contributed by atoms with Crippen LogP contribution in [0.15, 0.2) is 36.9 Å². The summed E-state index contributed by atoms with van der Waals surface area (Å²) in [5.74, 6) is -0.875. The highest BCUT2D eigenvalue weighted by molar-refractivity contribution is 5.97. The van der Waals surface area contributed by atoms with Gasteiger partial charge in [0.1, 0.15) is 5.75 Å².